The van der Waals surface area contributed by atoms with Gasteiger partial charge in [0.15, 0.2) is 0 Å². The maximum Gasteiger partial charge on any atom is 0.340 e. The lowest BCUT2D eigenvalue weighted by Gasteiger charge is -2.32. The molecule has 3 nitrogen and oxygen atoms in total. The first kappa shape index (κ1) is 13.1. The molecule has 1 unspecified atom stereocenters. The van der Waals surface area contributed by atoms with Crippen LogP contribution >= 0.6 is 0 Å². The van der Waals surface area contributed by atoms with Crippen molar-refractivity contribution in [3.8, 4) is 0 Å². The van der Waals surface area contributed by atoms with Gasteiger partial charge >= 0.3 is 8.56 Å². The van der Waals surface area contributed by atoms with Gasteiger partial charge in [-0.2, -0.15) is 0 Å². The van der Waals surface area contributed by atoms with Crippen LogP contribution in [-0.4, -0.2) is 29.3 Å². The Bertz CT molecular complexity index is 121. The minimum Gasteiger partial charge on any atom is -0.397 e. The van der Waals surface area contributed by atoms with Crippen LogP contribution in [0, 0.1) is 0 Å². The molecule has 0 saturated carbocycles. The zero-order chi connectivity index (χ0) is 10.3. The van der Waals surface area contributed by atoms with Crippen molar-refractivity contribution in [2.75, 3.05) is 20.8 Å². The molecule has 0 aromatic rings. The molecule has 0 aliphatic heterocycles. The van der Waals surface area contributed by atoms with E-state index in [-0.39, 0.29) is 0 Å². The first-order valence-electron chi connectivity index (χ1n) is 4.97. The molecule has 4 heteroatoms. The van der Waals surface area contributed by atoms with Gasteiger partial charge in [0.2, 0.25) is 0 Å². The normalized spacial score (nSPS) is 14.5. The minimum absolute atomic E-state index is 0.524. The molecule has 80 valence electrons. The van der Waals surface area contributed by atoms with E-state index >= 15 is 0 Å². The Morgan fingerprint density at radius 1 is 1.31 bits per heavy atom. The van der Waals surface area contributed by atoms with E-state index in [1.54, 1.807) is 14.2 Å². The average molecular weight is 205 g/mol. The molecule has 0 aliphatic carbocycles. The van der Waals surface area contributed by atoms with E-state index in [0.29, 0.717) is 5.54 Å². The highest BCUT2D eigenvalue weighted by Crippen LogP contribution is 2.30. The van der Waals surface area contributed by atoms with Crippen LogP contribution in [0.2, 0.25) is 11.6 Å². The molecule has 13 heavy (non-hydrogen) atoms. The third-order valence-electron chi connectivity index (χ3n) is 2.78. The van der Waals surface area contributed by atoms with Crippen LogP contribution in [0.3, 0.4) is 0 Å². The Hall–Kier alpha value is 0.0969. The molecule has 0 aromatic heterocycles. The van der Waals surface area contributed by atoms with Crippen molar-refractivity contribution < 1.29 is 8.85 Å². The summed E-state index contributed by atoms with van der Waals surface area (Å²) in [4.78, 5) is 0. The largest absolute Gasteiger partial charge is 0.397 e. The molecule has 0 amide bonds. The Morgan fingerprint density at radius 3 is 2.15 bits per heavy atom. The van der Waals surface area contributed by atoms with Crippen LogP contribution < -0.4 is 5.73 Å². The van der Waals surface area contributed by atoms with Gasteiger partial charge in [0.05, 0.1) is 0 Å². The van der Waals surface area contributed by atoms with Crippen LogP contribution in [0.1, 0.15) is 26.7 Å². The zero-order valence-electron chi connectivity index (χ0n) is 9.30. The lowest BCUT2D eigenvalue weighted by molar-refractivity contribution is 0.229. The lowest BCUT2D eigenvalue weighted by Crippen LogP contribution is -2.43. The average Bonchev–Trinajstić information content (AvgIpc) is 2.18. The summed E-state index contributed by atoms with van der Waals surface area (Å²) in [5.41, 5.74) is 6.00. The van der Waals surface area contributed by atoms with Crippen LogP contribution in [-0.2, 0) is 8.85 Å². The van der Waals surface area contributed by atoms with E-state index in [9.17, 15) is 0 Å². The van der Waals surface area contributed by atoms with Gasteiger partial charge in [0, 0.05) is 14.2 Å². The van der Waals surface area contributed by atoms with Gasteiger partial charge in [0.1, 0.15) is 0 Å². The van der Waals surface area contributed by atoms with Gasteiger partial charge in [-0.05, 0) is 31.0 Å². The molecule has 0 spiro atoms. The van der Waals surface area contributed by atoms with E-state index in [2.05, 4.69) is 13.8 Å². The summed E-state index contributed by atoms with van der Waals surface area (Å²) in [6.45, 7) is 5.10. The second-order valence-electron chi connectivity index (χ2n) is 3.41. The number of rotatable bonds is 7. The molecule has 0 aliphatic rings. The highest BCUT2D eigenvalue weighted by atomic mass is 28.4. The number of hydrogen-bond acceptors (Lipinski definition) is 3. The summed E-state index contributed by atoms with van der Waals surface area (Å²) in [7, 11) is 1.61. The molecule has 0 fully saturated rings. The molecule has 0 rings (SSSR count). The molecular weight excluding hydrogens is 182 g/mol. The minimum atomic E-state index is -1.91. The van der Waals surface area contributed by atoms with Crippen molar-refractivity contribution in [3.05, 3.63) is 0 Å². The van der Waals surface area contributed by atoms with Gasteiger partial charge in [-0.1, -0.05) is 13.8 Å². The fourth-order valence-electron chi connectivity index (χ4n) is 1.77. The van der Waals surface area contributed by atoms with E-state index in [1.807, 2.05) is 0 Å². The standard InChI is InChI=1S/C9H23NO2Si/c1-5-13(11-3,12-4)9(2)7-6-8-10/h9H,5-8,10H2,1-4H3. The highest BCUT2D eigenvalue weighted by molar-refractivity contribution is 6.68. The maximum atomic E-state index is 5.57. The quantitative estimate of drug-likeness (QED) is 0.645. The highest BCUT2D eigenvalue weighted by Gasteiger charge is 2.39. The summed E-state index contributed by atoms with van der Waals surface area (Å²) < 4.78 is 11.1. The fraction of sp³-hybridized carbons (Fsp3) is 1.00. The Morgan fingerprint density at radius 2 is 1.85 bits per heavy atom. The Balaban J connectivity index is 4.17. The van der Waals surface area contributed by atoms with Crippen molar-refractivity contribution in [2.45, 2.75) is 38.3 Å². The second-order valence-corrected chi connectivity index (χ2v) is 7.54. The molecule has 0 radical (unpaired) electrons. The second kappa shape index (κ2) is 6.54. The molecule has 2 N–H and O–H groups in total. The molecule has 0 saturated heterocycles. The van der Waals surface area contributed by atoms with E-state index in [0.717, 1.165) is 25.4 Å². The number of hydrogen-bond donors (Lipinski definition) is 1. The first-order chi connectivity index (χ1) is 6.16. The molecular formula is C9H23NO2Si. The van der Waals surface area contributed by atoms with Crippen molar-refractivity contribution in [1.82, 2.24) is 0 Å². The van der Waals surface area contributed by atoms with Crippen LogP contribution in [0.25, 0.3) is 0 Å². The van der Waals surface area contributed by atoms with Crippen molar-refractivity contribution in [3.63, 3.8) is 0 Å². The summed E-state index contributed by atoms with van der Waals surface area (Å²) in [5, 5.41) is 0. The summed E-state index contributed by atoms with van der Waals surface area (Å²) in [6.07, 6.45) is 2.17. The third kappa shape index (κ3) is 3.38. The predicted octanol–water partition coefficient (Wildman–Crippen LogP) is 1.87. The smallest absolute Gasteiger partial charge is 0.340 e. The van der Waals surface area contributed by atoms with Gasteiger partial charge < -0.3 is 14.6 Å². The van der Waals surface area contributed by atoms with Crippen LogP contribution in [0.4, 0.5) is 0 Å². The Kier molecular flexibility index (Phi) is 6.58. The van der Waals surface area contributed by atoms with E-state index in [4.69, 9.17) is 14.6 Å². The van der Waals surface area contributed by atoms with Crippen molar-refractivity contribution in [2.24, 2.45) is 5.73 Å². The van der Waals surface area contributed by atoms with Crippen molar-refractivity contribution in [1.29, 1.82) is 0 Å². The summed E-state index contributed by atoms with van der Waals surface area (Å²) >= 11 is 0. The molecule has 0 aromatic carbocycles. The van der Waals surface area contributed by atoms with E-state index < -0.39 is 8.56 Å². The van der Waals surface area contributed by atoms with Gasteiger partial charge in [-0.3, -0.25) is 0 Å². The lowest BCUT2D eigenvalue weighted by atomic mass is 10.2. The van der Waals surface area contributed by atoms with Crippen LogP contribution in [0.15, 0.2) is 0 Å². The zero-order valence-corrected chi connectivity index (χ0v) is 10.3. The maximum absolute atomic E-state index is 5.57. The SMILES string of the molecule is CC[Si](OC)(OC)C(C)CCCN. The van der Waals surface area contributed by atoms with Gasteiger partial charge in [0.25, 0.3) is 0 Å². The van der Waals surface area contributed by atoms with Gasteiger partial charge in [-0.15, -0.1) is 0 Å². The summed E-state index contributed by atoms with van der Waals surface area (Å²) in [6, 6.07) is 1.01. The van der Waals surface area contributed by atoms with E-state index in [1.165, 1.54) is 0 Å². The molecule has 1 atom stereocenters. The van der Waals surface area contributed by atoms with Gasteiger partial charge in [-0.25, -0.2) is 0 Å². The molecule has 0 heterocycles. The topological polar surface area (TPSA) is 44.5 Å². The monoisotopic (exact) mass is 205 g/mol. The fourth-order valence-corrected chi connectivity index (χ4v) is 4.66. The summed E-state index contributed by atoms with van der Waals surface area (Å²) in [5.74, 6) is 0. The third-order valence-corrected chi connectivity index (χ3v) is 6.93. The van der Waals surface area contributed by atoms with Crippen molar-refractivity contribution >= 4 is 8.56 Å². The first-order valence-corrected chi connectivity index (χ1v) is 7.07. The van der Waals surface area contributed by atoms with Crippen LogP contribution in [0.5, 0.6) is 0 Å². The predicted molar refractivity (Wildman–Crippen MR) is 58.0 cm³/mol. The number of nitrogens with two attached hydrogens (primary N) is 1. The molecule has 0 bridgehead atoms. The Labute approximate surface area is 82.9 Å².